The molecule has 0 saturated carbocycles. The highest BCUT2D eigenvalue weighted by Crippen LogP contribution is 2.35. The molecule has 0 aliphatic carbocycles. The van der Waals surface area contributed by atoms with Gasteiger partial charge >= 0.3 is 0 Å². The topological polar surface area (TPSA) is 67.9 Å². The Kier molecular flexibility index (Phi) is 5.20. The first-order valence-corrected chi connectivity index (χ1v) is 10.4. The Morgan fingerprint density at radius 3 is 2.39 bits per heavy atom. The number of nitrogens with two attached hydrogens (primary N) is 1. The Bertz CT molecular complexity index is 1160. The highest BCUT2D eigenvalue weighted by Gasteiger charge is 2.14. The van der Waals surface area contributed by atoms with E-state index in [1.54, 1.807) is 0 Å². The fourth-order valence-corrected chi connectivity index (χ4v) is 4.70. The smallest absolute Gasteiger partial charge is 0.165 e. The molecule has 2 heterocycles. The Balaban J connectivity index is 1.97. The van der Waals surface area contributed by atoms with Gasteiger partial charge < -0.3 is 10.6 Å². The molecule has 0 aliphatic rings. The van der Waals surface area contributed by atoms with Crippen LogP contribution < -0.4 is 10.6 Å². The Morgan fingerprint density at radius 1 is 0.964 bits per heavy atom. The summed E-state index contributed by atoms with van der Waals surface area (Å²) in [6.07, 6.45) is 1.46. The molecule has 2 aromatic heterocycles. The van der Waals surface area contributed by atoms with Gasteiger partial charge in [-0.2, -0.15) is 0 Å². The summed E-state index contributed by atoms with van der Waals surface area (Å²) in [4.78, 5) is 15.4. The summed E-state index contributed by atoms with van der Waals surface area (Å²) in [5.74, 6) is 0.428. The molecule has 0 radical (unpaired) electrons. The second kappa shape index (κ2) is 7.63. The molecule has 140 valence electrons. The summed E-state index contributed by atoms with van der Waals surface area (Å²) < 4.78 is 2.13. The number of fused-ring (bicyclic) bond motifs is 1. The van der Waals surface area contributed by atoms with E-state index in [2.05, 4.69) is 102 Å². The average molecular weight is 546 g/mol. The maximum absolute atomic E-state index is 6.20. The van der Waals surface area contributed by atoms with E-state index in [4.69, 9.17) is 10.7 Å². The van der Waals surface area contributed by atoms with Gasteiger partial charge in [-0.05, 0) is 70.1 Å². The minimum atomic E-state index is 0.428. The number of nitrogens with zero attached hydrogens (tertiary/aromatic N) is 4. The van der Waals surface area contributed by atoms with Crippen LogP contribution in [0.3, 0.4) is 0 Å². The van der Waals surface area contributed by atoms with Crippen molar-refractivity contribution in [3.63, 3.8) is 0 Å². The van der Waals surface area contributed by atoms with Crippen LogP contribution >= 0.6 is 38.5 Å². The van der Waals surface area contributed by atoms with Crippen molar-refractivity contribution in [2.45, 2.75) is 0 Å². The van der Waals surface area contributed by atoms with Crippen LogP contribution in [0.5, 0.6) is 0 Å². The minimum absolute atomic E-state index is 0.428. The van der Waals surface area contributed by atoms with E-state index in [1.165, 1.54) is 6.33 Å². The first-order chi connectivity index (χ1) is 13.4. The van der Waals surface area contributed by atoms with Crippen LogP contribution in [0.1, 0.15) is 0 Å². The third-order valence-corrected chi connectivity index (χ3v) is 5.57. The SMILES string of the molecule is CN(C)c1ccc(-c2cc(-c3cc(Br)cc(I)c3)c3c(N)ncnc3n2)cc1. The predicted molar refractivity (Wildman–Crippen MR) is 127 cm³/mol. The maximum Gasteiger partial charge on any atom is 0.165 e. The van der Waals surface area contributed by atoms with E-state index in [0.717, 1.165) is 41.5 Å². The van der Waals surface area contributed by atoms with Crippen molar-refractivity contribution in [1.82, 2.24) is 15.0 Å². The van der Waals surface area contributed by atoms with Crippen LogP contribution in [0.25, 0.3) is 33.4 Å². The average Bonchev–Trinajstić information content (AvgIpc) is 2.66. The predicted octanol–water partition coefficient (Wildman–Crippen LogP) is 5.37. The third-order valence-electron chi connectivity index (χ3n) is 4.49. The van der Waals surface area contributed by atoms with Gasteiger partial charge in [0.1, 0.15) is 12.1 Å². The van der Waals surface area contributed by atoms with Gasteiger partial charge in [0.2, 0.25) is 0 Å². The molecule has 4 aromatic rings. The first kappa shape index (κ1) is 19.1. The van der Waals surface area contributed by atoms with Crippen molar-refractivity contribution in [3.05, 3.63) is 62.9 Å². The van der Waals surface area contributed by atoms with Gasteiger partial charge in [0.25, 0.3) is 0 Å². The van der Waals surface area contributed by atoms with Gasteiger partial charge in [-0.25, -0.2) is 15.0 Å². The van der Waals surface area contributed by atoms with Crippen molar-refractivity contribution >= 4 is 61.1 Å². The van der Waals surface area contributed by atoms with E-state index >= 15 is 0 Å². The minimum Gasteiger partial charge on any atom is -0.383 e. The van der Waals surface area contributed by atoms with Crippen LogP contribution in [-0.2, 0) is 0 Å². The number of hydrogen-bond donors (Lipinski definition) is 1. The zero-order valence-corrected chi connectivity index (χ0v) is 19.1. The highest BCUT2D eigenvalue weighted by atomic mass is 127. The van der Waals surface area contributed by atoms with E-state index in [9.17, 15) is 0 Å². The van der Waals surface area contributed by atoms with Gasteiger partial charge in [-0.15, -0.1) is 0 Å². The van der Waals surface area contributed by atoms with E-state index < -0.39 is 0 Å². The van der Waals surface area contributed by atoms with Gasteiger partial charge in [0.05, 0.1) is 11.1 Å². The van der Waals surface area contributed by atoms with E-state index in [-0.39, 0.29) is 0 Å². The van der Waals surface area contributed by atoms with Crippen molar-refractivity contribution in [2.75, 3.05) is 24.7 Å². The Hall–Kier alpha value is -2.26. The monoisotopic (exact) mass is 545 g/mol. The third kappa shape index (κ3) is 3.68. The fraction of sp³-hybridized carbons (Fsp3) is 0.0952. The quantitative estimate of drug-likeness (QED) is 0.350. The summed E-state index contributed by atoms with van der Waals surface area (Å²) in [6, 6.07) is 16.6. The number of benzene rings is 2. The molecule has 0 amide bonds. The van der Waals surface area contributed by atoms with Gasteiger partial charge in [0, 0.05) is 33.4 Å². The zero-order chi connectivity index (χ0) is 19.8. The molecule has 2 aromatic carbocycles. The van der Waals surface area contributed by atoms with Crippen LogP contribution in [-0.4, -0.2) is 29.0 Å². The number of pyridine rings is 1. The molecule has 0 bridgehead atoms. The van der Waals surface area contributed by atoms with Gasteiger partial charge in [-0.1, -0.05) is 28.1 Å². The molecule has 5 nitrogen and oxygen atoms in total. The van der Waals surface area contributed by atoms with Gasteiger partial charge in [-0.3, -0.25) is 0 Å². The first-order valence-electron chi connectivity index (χ1n) is 8.58. The van der Waals surface area contributed by atoms with Crippen molar-refractivity contribution in [2.24, 2.45) is 0 Å². The molecule has 0 saturated heterocycles. The molecule has 2 N–H and O–H groups in total. The molecule has 28 heavy (non-hydrogen) atoms. The lowest BCUT2D eigenvalue weighted by atomic mass is 10.00. The lowest BCUT2D eigenvalue weighted by Gasteiger charge is -2.14. The molecule has 0 spiro atoms. The molecular formula is C21H17BrIN5. The standard InChI is InChI=1S/C21H17BrIN5/c1-28(2)16-5-3-12(4-6-16)18-10-17(13-7-14(22)9-15(23)8-13)19-20(24)25-11-26-21(19)27-18/h3-11H,1-2H3,(H2,24,25,26,27). The zero-order valence-electron chi connectivity index (χ0n) is 15.3. The second-order valence-electron chi connectivity index (χ2n) is 6.61. The number of anilines is 2. The van der Waals surface area contributed by atoms with Gasteiger partial charge in [0.15, 0.2) is 5.65 Å². The molecule has 0 fully saturated rings. The lowest BCUT2D eigenvalue weighted by Crippen LogP contribution is -2.08. The lowest BCUT2D eigenvalue weighted by molar-refractivity contribution is 1.13. The highest BCUT2D eigenvalue weighted by molar-refractivity contribution is 14.1. The second-order valence-corrected chi connectivity index (χ2v) is 8.77. The molecular weight excluding hydrogens is 529 g/mol. The van der Waals surface area contributed by atoms with Crippen LogP contribution in [0.15, 0.2) is 59.3 Å². The maximum atomic E-state index is 6.20. The molecule has 0 atom stereocenters. The van der Waals surface area contributed by atoms with Crippen LogP contribution in [0.4, 0.5) is 11.5 Å². The van der Waals surface area contributed by atoms with Crippen molar-refractivity contribution in [3.8, 4) is 22.4 Å². The van der Waals surface area contributed by atoms with Crippen molar-refractivity contribution < 1.29 is 0 Å². The Labute approximate surface area is 185 Å². The van der Waals surface area contributed by atoms with Crippen LogP contribution in [0.2, 0.25) is 0 Å². The summed E-state index contributed by atoms with van der Waals surface area (Å²) in [5, 5.41) is 0.769. The Morgan fingerprint density at radius 2 is 1.71 bits per heavy atom. The summed E-state index contributed by atoms with van der Waals surface area (Å²) >= 11 is 5.90. The largest absolute Gasteiger partial charge is 0.383 e. The van der Waals surface area contributed by atoms with Crippen LogP contribution in [0, 0.1) is 3.57 Å². The number of nitrogen functional groups attached to an aromatic ring is 1. The molecule has 4 rings (SSSR count). The molecule has 7 heteroatoms. The summed E-state index contributed by atoms with van der Waals surface area (Å²) in [7, 11) is 4.05. The number of aromatic nitrogens is 3. The summed E-state index contributed by atoms with van der Waals surface area (Å²) in [5.41, 5.74) is 11.8. The number of halogens is 2. The normalized spacial score (nSPS) is 11.0. The van der Waals surface area contributed by atoms with Crippen molar-refractivity contribution in [1.29, 1.82) is 0 Å². The number of rotatable bonds is 3. The number of hydrogen-bond acceptors (Lipinski definition) is 5. The molecule has 0 aliphatic heterocycles. The van der Waals surface area contributed by atoms with E-state index in [1.807, 2.05) is 14.1 Å². The van der Waals surface area contributed by atoms with E-state index in [0.29, 0.717) is 11.5 Å². The fourth-order valence-electron chi connectivity index (χ4n) is 3.10. The summed E-state index contributed by atoms with van der Waals surface area (Å²) in [6.45, 7) is 0. The molecule has 0 unspecified atom stereocenters.